The number of hydrogen-bond donors (Lipinski definition) is 0. The number of furan rings is 4. The number of anilines is 6. The molecule has 0 spiro atoms. The monoisotopic (exact) mass is 1000 g/mol. The van der Waals surface area contributed by atoms with Crippen LogP contribution < -0.4 is 9.80 Å². The van der Waals surface area contributed by atoms with Crippen LogP contribution >= 0.6 is 0 Å². The number of fused-ring (bicyclic) bond motifs is 17. The van der Waals surface area contributed by atoms with Crippen molar-refractivity contribution < 1.29 is 17.7 Å². The fourth-order valence-corrected chi connectivity index (χ4v) is 11.9. The van der Waals surface area contributed by atoms with Gasteiger partial charge >= 0.3 is 0 Å². The van der Waals surface area contributed by atoms with Crippen LogP contribution in [0.25, 0.3) is 132 Å². The Morgan fingerprint density at radius 2 is 1.00 bits per heavy atom. The Morgan fingerprint density at radius 3 is 1.91 bits per heavy atom. The third-order valence-electron chi connectivity index (χ3n) is 15.4. The van der Waals surface area contributed by atoms with Gasteiger partial charge in [-0.1, -0.05) is 103 Å². The van der Waals surface area contributed by atoms with Crippen LogP contribution in [0, 0.1) is 0 Å². The SMILES string of the molecule is c1ccc(N(c2cnc3oc4cc(-c5cc6oc7ccc(N(c8cc9c%10ccccc%10ccc9c9ccccc89)c8cncc9c8oc8ccccc89)cc7c6cn5)ccc4c3c2)c2ccc3oc4cccnc4c3c2)cc1. The Morgan fingerprint density at radius 1 is 0.308 bits per heavy atom. The minimum atomic E-state index is 0.544. The van der Waals surface area contributed by atoms with Crippen LogP contribution in [0.4, 0.5) is 34.1 Å². The lowest BCUT2D eigenvalue weighted by Crippen LogP contribution is -2.11. The van der Waals surface area contributed by atoms with Crippen molar-refractivity contribution in [2.45, 2.75) is 0 Å². The third kappa shape index (κ3) is 6.37. The van der Waals surface area contributed by atoms with E-state index in [1.165, 1.54) is 16.2 Å². The number of benzene rings is 9. The Balaban J connectivity index is 0.781. The first-order chi connectivity index (χ1) is 38.6. The molecule has 0 saturated carbocycles. The Bertz CT molecular complexity index is 5330. The van der Waals surface area contributed by atoms with Crippen molar-refractivity contribution in [3.63, 3.8) is 0 Å². The van der Waals surface area contributed by atoms with E-state index in [9.17, 15) is 0 Å². The molecule has 10 nitrogen and oxygen atoms in total. The number of hydrogen-bond acceptors (Lipinski definition) is 10. The molecular weight excluding hydrogens is 965 g/mol. The zero-order valence-electron chi connectivity index (χ0n) is 41.3. The summed E-state index contributed by atoms with van der Waals surface area (Å²) in [7, 11) is 0. The van der Waals surface area contributed by atoms with Gasteiger partial charge < -0.3 is 27.5 Å². The first-order valence-corrected chi connectivity index (χ1v) is 25.8. The molecule has 17 aromatic rings. The standard InChI is InChI=1S/C68H38N6O4/c1-2-12-41(13-3-1)73(42-22-27-62-54(31-42)66-63(75-62)19-10-28-70-66)44-32-53-50-25-21-40(29-64(50)78-68(53)72-35-44)57-34-65-55(37-71-57)52-30-43(23-26-61(52)76-65)74(59-38-69-36-56-49-17-8-9-18-60(49)77-67(56)59)58-33-51-45-14-5-4-11-39(45)20-24-47(51)46-15-6-7-16-48(46)58/h1-38H. The van der Waals surface area contributed by atoms with Crippen LogP contribution in [-0.4, -0.2) is 19.9 Å². The van der Waals surface area contributed by atoms with Crippen LogP contribution in [0.5, 0.6) is 0 Å². The highest BCUT2D eigenvalue weighted by Gasteiger charge is 2.25. The number of rotatable bonds is 7. The van der Waals surface area contributed by atoms with Gasteiger partial charge in [0.2, 0.25) is 5.71 Å². The molecule has 8 heterocycles. The summed E-state index contributed by atoms with van der Waals surface area (Å²) < 4.78 is 26.1. The molecule has 0 radical (unpaired) electrons. The molecule has 78 heavy (non-hydrogen) atoms. The molecule has 0 bridgehead atoms. The van der Waals surface area contributed by atoms with E-state index in [1.807, 2.05) is 91.5 Å². The Kier molecular flexibility index (Phi) is 8.90. The predicted octanol–water partition coefficient (Wildman–Crippen LogP) is 18.9. The van der Waals surface area contributed by atoms with Crippen LogP contribution in [0.3, 0.4) is 0 Å². The van der Waals surface area contributed by atoms with Gasteiger partial charge in [0.25, 0.3) is 0 Å². The second kappa shape index (κ2) is 16.3. The Hall–Kier alpha value is -10.8. The van der Waals surface area contributed by atoms with Gasteiger partial charge in [-0.3, -0.25) is 15.0 Å². The van der Waals surface area contributed by atoms with E-state index < -0.39 is 0 Å². The minimum Gasteiger partial charge on any atom is -0.456 e. The van der Waals surface area contributed by atoms with E-state index in [0.717, 1.165) is 138 Å². The molecule has 0 saturated heterocycles. The molecule has 364 valence electrons. The average Bonchev–Trinajstić information content (AvgIpc) is 4.33. The normalized spacial score (nSPS) is 12.1. The number of para-hydroxylation sites is 2. The van der Waals surface area contributed by atoms with Gasteiger partial charge in [-0.05, 0) is 118 Å². The Labute approximate surface area is 442 Å². The number of aromatic nitrogens is 4. The summed E-state index contributed by atoms with van der Waals surface area (Å²) >= 11 is 0. The van der Waals surface area contributed by atoms with E-state index in [2.05, 4.69) is 148 Å². The van der Waals surface area contributed by atoms with Gasteiger partial charge in [-0.25, -0.2) is 4.98 Å². The van der Waals surface area contributed by atoms with Gasteiger partial charge in [0.05, 0.1) is 34.8 Å². The fraction of sp³-hybridized carbons (Fsp3) is 0. The molecule has 0 amide bonds. The molecule has 0 aliphatic rings. The number of pyridine rings is 4. The second-order valence-corrected chi connectivity index (χ2v) is 19.8. The maximum absolute atomic E-state index is 6.76. The van der Waals surface area contributed by atoms with Gasteiger partial charge in [-0.15, -0.1) is 0 Å². The smallest absolute Gasteiger partial charge is 0.227 e. The maximum Gasteiger partial charge on any atom is 0.227 e. The molecule has 10 heteroatoms. The van der Waals surface area contributed by atoms with Crippen molar-refractivity contribution in [2.75, 3.05) is 9.80 Å². The fourth-order valence-electron chi connectivity index (χ4n) is 11.9. The van der Waals surface area contributed by atoms with Crippen molar-refractivity contribution in [3.05, 3.63) is 231 Å². The molecular formula is C68H38N6O4. The first-order valence-electron chi connectivity index (χ1n) is 25.8. The van der Waals surface area contributed by atoms with E-state index in [-0.39, 0.29) is 0 Å². The molecule has 0 N–H and O–H groups in total. The van der Waals surface area contributed by atoms with Crippen molar-refractivity contribution in [1.29, 1.82) is 0 Å². The predicted molar refractivity (Wildman–Crippen MR) is 314 cm³/mol. The second-order valence-electron chi connectivity index (χ2n) is 19.8. The van der Waals surface area contributed by atoms with Crippen molar-refractivity contribution in [3.8, 4) is 11.3 Å². The van der Waals surface area contributed by atoms with Crippen LogP contribution in [-0.2, 0) is 0 Å². The molecule has 0 atom stereocenters. The molecule has 0 aliphatic heterocycles. The van der Waals surface area contributed by atoms with Gasteiger partial charge in [0.1, 0.15) is 39.1 Å². The lowest BCUT2D eigenvalue weighted by molar-refractivity contribution is 0.654. The lowest BCUT2D eigenvalue weighted by Gasteiger charge is -2.27. The minimum absolute atomic E-state index is 0.544. The molecule has 8 aromatic heterocycles. The molecule has 9 aromatic carbocycles. The van der Waals surface area contributed by atoms with Crippen LogP contribution in [0.15, 0.2) is 249 Å². The summed E-state index contributed by atoms with van der Waals surface area (Å²) in [6, 6.07) is 69.2. The molecule has 0 unspecified atom stereocenters. The van der Waals surface area contributed by atoms with Crippen molar-refractivity contribution in [1.82, 2.24) is 19.9 Å². The third-order valence-corrected chi connectivity index (χ3v) is 15.4. The maximum atomic E-state index is 6.76. The average molecular weight is 1000 g/mol. The van der Waals surface area contributed by atoms with E-state index in [4.69, 9.17) is 32.6 Å². The zero-order chi connectivity index (χ0) is 51.0. The van der Waals surface area contributed by atoms with E-state index in [1.54, 1.807) is 6.20 Å². The van der Waals surface area contributed by atoms with E-state index >= 15 is 0 Å². The van der Waals surface area contributed by atoms with E-state index in [0.29, 0.717) is 11.3 Å². The summed E-state index contributed by atoms with van der Waals surface area (Å²) in [5.74, 6) is 0. The van der Waals surface area contributed by atoms with Crippen molar-refractivity contribution >= 4 is 154 Å². The largest absolute Gasteiger partial charge is 0.456 e. The summed E-state index contributed by atoms with van der Waals surface area (Å²) in [6.45, 7) is 0. The zero-order valence-corrected chi connectivity index (χ0v) is 41.3. The first kappa shape index (κ1) is 42.5. The highest BCUT2D eigenvalue weighted by Crippen LogP contribution is 2.48. The summed E-state index contributed by atoms with van der Waals surface area (Å²) in [6.07, 6.45) is 9.38. The summed E-state index contributed by atoms with van der Waals surface area (Å²) in [5.41, 5.74) is 13.8. The summed E-state index contributed by atoms with van der Waals surface area (Å²) in [4.78, 5) is 24.0. The molecule has 0 aliphatic carbocycles. The van der Waals surface area contributed by atoms with Gasteiger partial charge in [0, 0.05) is 85.0 Å². The highest BCUT2D eigenvalue weighted by molar-refractivity contribution is 6.22. The van der Waals surface area contributed by atoms with Gasteiger partial charge in [0.15, 0.2) is 11.2 Å². The van der Waals surface area contributed by atoms with Crippen LogP contribution in [0.2, 0.25) is 0 Å². The van der Waals surface area contributed by atoms with Gasteiger partial charge in [-0.2, -0.15) is 0 Å². The molecule has 17 rings (SSSR count). The number of nitrogens with zero attached hydrogens (tertiary/aromatic N) is 6. The van der Waals surface area contributed by atoms with Crippen molar-refractivity contribution in [2.24, 2.45) is 0 Å². The summed E-state index contributed by atoms with van der Waals surface area (Å²) in [5, 5.41) is 13.5. The molecule has 0 fully saturated rings. The lowest BCUT2D eigenvalue weighted by atomic mass is 9.95. The highest BCUT2D eigenvalue weighted by atomic mass is 16.3. The topological polar surface area (TPSA) is 111 Å². The van der Waals surface area contributed by atoms with Crippen LogP contribution in [0.1, 0.15) is 0 Å². The quantitative estimate of drug-likeness (QED) is 0.143.